The number of fused-ring (bicyclic) bond motifs is 1. The third-order valence-electron chi connectivity index (χ3n) is 7.03. The zero-order chi connectivity index (χ0) is 22.5. The number of allylic oxidation sites excluding steroid dienone is 2. The number of hydrogen-bond acceptors (Lipinski definition) is 6. The van der Waals surface area contributed by atoms with Crippen molar-refractivity contribution in [2.24, 2.45) is 15.6 Å². The SMILES string of the molecule is CCC1(c2cccc(N(C)c3ccccn3)c2)C2=CN=NC2NC2=C1C(=O)CC(C)(C)C2. The van der Waals surface area contributed by atoms with Crippen LogP contribution in [-0.2, 0) is 10.2 Å². The van der Waals surface area contributed by atoms with Crippen LogP contribution in [0.1, 0.15) is 45.6 Å². The van der Waals surface area contributed by atoms with Crippen molar-refractivity contribution in [3.05, 3.63) is 77.3 Å². The smallest absolute Gasteiger partial charge is 0.164 e. The van der Waals surface area contributed by atoms with Gasteiger partial charge in [0.1, 0.15) is 5.82 Å². The molecule has 1 aliphatic carbocycles. The summed E-state index contributed by atoms with van der Waals surface area (Å²) in [7, 11) is 2.02. The molecule has 6 nitrogen and oxygen atoms in total. The van der Waals surface area contributed by atoms with Crippen LogP contribution in [0.4, 0.5) is 11.5 Å². The fourth-order valence-electron chi connectivity index (χ4n) is 5.55. The standard InChI is InChI=1S/C26H29N5O/c1-5-26(17-9-8-10-18(13-17)31(4)22-11-6-7-12-27-22)19-16-28-30-24(19)29-20-14-25(2,3)15-21(32)23(20)26/h6-13,16,24,29H,5,14-15H2,1-4H3. The van der Waals surface area contributed by atoms with Crippen molar-refractivity contribution < 1.29 is 4.79 Å². The Hall–Kier alpha value is -3.28. The summed E-state index contributed by atoms with van der Waals surface area (Å²) in [6.45, 7) is 6.48. The van der Waals surface area contributed by atoms with Gasteiger partial charge in [0.2, 0.25) is 0 Å². The quantitative estimate of drug-likeness (QED) is 0.707. The van der Waals surface area contributed by atoms with Crippen molar-refractivity contribution in [1.29, 1.82) is 0 Å². The number of benzene rings is 1. The van der Waals surface area contributed by atoms with Gasteiger partial charge >= 0.3 is 0 Å². The highest BCUT2D eigenvalue weighted by Crippen LogP contribution is 2.54. The lowest BCUT2D eigenvalue weighted by molar-refractivity contribution is -0.119. The van der Waals surface area contributed by atoms with E-state index < -0.39 is 5.41 Å². The monoisotopic (exact) mass is 427 g/mol. The Morgan fingerprint density at radius 2 is 2.00 bits per heavy atom. The molecule has 1 aromatic heterocycles. The minimum Gasteiger partial charge on any atom is -0.362 e. The minimum absolute atomic E-state index is 0.0690. The van der Waals surface area contributed by atoms with E-state index in [2.05, 4.69) is 70.5 Å². The van der Waals surface area contributed by atoms with Crippen LogP contribution in [0.2, 0.25) is 0 Å². The predicted molar refractivity (Wildman–Crippen MR) is 126 cm³/mol. The van der Waals surface area contributed by atoms with Crippen LogP contribution in [0.25, 0.3) is 0 Å². The number of rotatable bonds is 4. The number of aromatic nitrogens is 1. The summed E-state index contributed by atoms with van der Waals surface area (Å²) in [5.74, 6) is 1.10. The normalized spacial score (nSPS) is 25.7. The minimum atomic E-state index is -0.538. The van der Waals surface area contributed by atoms with Crippen LogP contribution < -0.4 is 10.2 Å². The van der Waals surface area contributed by atoms with Gasteiger partial charge < -0.3 is 10.2 Å². The molecule has 3 aliphatic rings. The molecule has 0 saturated heterocycles. The van der Waals surface area contributed by atoms with Gasteiger partial charge in [0.25, 0.3) is 0 Å². The third-order valence-corrected chi connectivity index (χ3v) is 7.03. The Labute approximate surface area is 189 Å². The number of anilines is 2. The number of carbonyl (C=O) groups is 1. The van der Waals surface area contributed by atoms with E-state index >= 15 is 0 Å². The van der Waals surface area contributed by atoms with Gasteiger partial charge in [0.15, 0.2) is 11.9 Å². The van der Waals surface area contributed by atoms with Crippen LogP contribution in [0, 0.1) is 5.41 Å². The van der Waals surface area contributed by atoms with Crippen molar-refractivity contribution in [2.75, 3.05) is 11.9 Å². The number of ketones is 1. The lowest BCUT2D eigenvalue weighted by Gasteiger charge is -2.48. The van der Waals surface area contributed by atoms with Gasteiger partial charge in [-0.3, -0.25) is 4.79 Å². The average molecular weight is 428 g/mol. The van der Waals surface area contributed by atoms with E-state index in [1.54, 1.807) is 6.20 Å². The van der Waals surface area contributed by atoms with Gasteiger partial charge in [-0.15, -0.1) is 0 Å². The van der Waals surface area contributed by atoms with E-state index in [1.165, 1.54) is 0 Å². The molecule has 32 heavy (non-hydrogen) atoms. The zero-order valence-electron chi connectivity index (χ0n) is 19.1. The number of Topliss-reactive ketones (excluding diaryl/α,β-unsaturated/α-hetero) is 1. The molecule has 0 amide bonds. The molecule has 2 atom stereocenters. The second kappa shape index (κ2) is 7.40. The first-order chi connectivity index (χ1) is 15.4. The Morgan fingerprint density at radius 1 is 1.16 bits per heavy atom. The highest BCUT2D eigenvalue weighted by molar-refractivity contribution is 6.01. The predicted octanol–water partition coefficient (Wildman–Crippen LogP) is 5.42. The molecule has 2 aromatic rings. The summed E-state index contributed by atoms with van der Waals surface area (Å²) in [5.41, 5.74) is 4.51. The van der Waals surface area contributed by atoms with Gasteiger partial charge in [-0.25, -0.2) is 4.98 Å². The van der Waals surface area contributed by atoms with E-state index in [0.29, 0.717) is 6.42 Å². The molecular weight excluding hydrogens is 398 g/mol. The molecule has 0 fully saturated rings. The largest absolute Gasteiger partial charge is 0.362 e. The van der Waals surface area contributed by atoms with Gasteiger partial charge in [-0.2, -0.15) is 10.2 Å². The van der Waals surface area contributed by atoms with Crippen LogP contribution in [0.3, 0.4) is 0 Å². The number of nitrogens with one attached hydrogen (secondary N) is 1. The van der Waals surface area contributed by atoms with E-state index in [1.807, 2.05) is 31.4 Å². The highest BCUT2D eigenvalue weighted by Gasteiger charge is 2.53. The Kier molecular flexibility index (Phi) is 4.77. The summed E-state index contributed by atoms with van der Waals surface area (Å²) in [6, 6.07) is 14.4. The van der Waals surface area contributed by atoms with Crippen LogP contribution in [-0.4, -0.2) is 24.0 Å². The topological polar surface area (TPSA) is 70.0 Å². The van der Waals surface area contributed by atoms with Gasteiger partial charge in [-0.05, 0) is 48.1 Å². The Morgan fingerprint density at radius 3 is 2.75 bits per heavy atom. The highest BCUT2D eigenvalue weighted by atomic mass is 16.1. The molecule has 3 heterocycles. The first kappa shape index (κ1) is 20.6. The average Bonchev–Trinajstić information content (AvgIpc) is 3.25. The maximum Gasteiger partial charge on any atom is 0.164 e. The molecule has 2 aliphatic heterocycles. The Bertz CT molecular complexity index is 1160. The van der Waals surface area contributed by atoms with Crippen LogP contribution in [0.5, 0.6) is 0 Å². The number of pyridine rings is 1. The lowest BCUT2D eigenvalue weighted by atomic mass is 9.59. The molecule has 6 heteroatoms. The van der Waals surface area contributed by atoms with Gasteiger partial charge in [0, 0.05) is 42.2 Å². The van der Waals surface area contributed by atoms with Crippen molar-refractivity contribution in [2.45, 2.75) is 51.6 Å². The Balaban J connectivity index is 1.68. The molecule has 164 valence electrons. The van der Waals surface area contributed by atoms with E-state index in [-0.39, 0.29) is 17.4 Å². The van der Waals surface area contributed by atoms with Crippen molar-refractivity contribution in [1.82, 2.24) is 10.3 Å². The maximum atomic E-state index is 13.6. The summed E-state index contributed by atoms with van der Waals surface area (Å²) < 4.78 is 0. The van der Waals surface area contributed by atoms with Crippen molar-refractivity contribution in [3.63, 3.8) is 0 Å². The fraction of sp³-hybridized carbons (Fsp3) is 0.385. The summed E-state index contributed by atoms with van der Waals surface area (Å²) in [6.07, 6.45) is 5.59. The molecule has 0 saturated carbocycles. The van der Waals surface area contributed by atoms with Crippen LogP contribution in [0.15, 0.2) is 81.9 Å². The number of carbonyl (C=O) groups excluding carboxylic acids is 1. The second-order valence-corrected chi connectivity index (χ2v) is 9.71. The maximum absolute atomic E-state index is 13.6. The molecule has 1 aromatic carbocycles. The lowest BCUT2D eigenvalue weighted by Crippen LogP contribution is -2.51. The zero-order valence-corrected chi connectivity index (χ0v) is 19.1. The van der Waals surface area contributed by atoms with Crippen molar-refractivity contribution in [3.8, 4) is 0 Å². The van der Waals surface area contributed by atoms with E-state index in [4.69, 9.17) is 0 Å². The molecule has 2 unspecified atom stereocenters. The molecule has 0 spiro atoms. The summed E-state index contributed by atoms with van der Waals surface area (Å²) >= 11 is 0. The fourth-order valence-corrected chi connectivity index (χ4v) is 5.55. The molecule has 0 radical (unpaired) electrons. The first-order valence-electron chi connectivity index (χ1n) is 11.2. The van der Waals surface area contributed by atoms with Gasteiger partial charge in [-0.1, -0.05) is 39.0 Å². The molecular formula is C26H29N5O. The van der Waals surface area contributed by atoms with Crippen LogP contribution >= 0.6 is 0 Å². The molecule has 1 N–H and O–H groups in total. The summed E-state index contributed by atoms with van der Waals surface area (Å²) in [4.78, 5) is 20.2. The number of azo groups is 1. The third kappa shape index (κ3) is 3.08. The molecule has 5 rings (SSSR count). The van der Waals surface area contributed by atoms with E-state index in [0.717, 1.165) is 46.8 Å². The first-order valence-corrected chi connectivity index (χ1v) is 11.2. The molecule has 0 bridgehead atoms. The number of hydrogen-bond donors (Lipinski definition) is 1. The van der Waals surface area contributed by atoms with Crippen molar-refractivity contribution >= 4 is 17.3 Å². The summed E-state index contributed by atoms with van der Waals surface area (Å²) in [5, 5.41) is 12.2. The van der Waals surface area contributed by atoms with E-state index in [9.17, 15) is 4.79 Å². The second-order valence-electron chi connectivity index (χ2n) is 9.71. The number of nitrogens with zero attached hydrogens (tertiary/aromatic N) is 4. The van der Waals surface area contributed by atoms with Gasteiger partial charge in [0.05, 0.1) is 11.6 Å².